The molecule has 0 aliphatic carbocycles. The lowest BCUT2D eigenvalue weighted by Gasteiger charge is -2.14. The molecule has 0 spiro atoms. The fourth-order valence-corrected chi connectivity index (χ4v) is 2.84. The highest BCUT2D eigenvalue weighted by molar-refractivity contribution is 6.31. The molecule has 1 N–H and O–H groups in total. The molecule has 0 radical (unpaired) electrons. The van der Waals surface area contributed by atoms with E-state index < -0.39 is 35.9 Å². The first-order valence-electron chi connectivity index (χ1n) is 8.46. The Morgan fingerprint density at radius 1 is 1.13 bits per heavy atom. The Balaban J connectivity index is 1.84. The number of para-hydroxylation sites is 1. The number of fused-ring (bicyclic) bond motifs is 1. The number of benzene rings is 2. The van der Waals surface area contributed by atoms with Gasteiger partial charge in [0.05, 0.1) is 23.9 Å². The van der Waals surface area contributed by atoms with E-state index in [9.17, 15) is 22.8 Å². The van der Waals surface area contributed by atoms with Crippen LogP contribution in [0.1, 0.15) is 16.1 Å². The van der Waals surface area contributed by atoms with Crippen molar-refractivity contribution in [3.8, 4) is 5.75 Å². The first kappa shape index (κ1) is 21.4. The fourth-order valence-electron chi connectivity index (χ4n) is 2.66. The molecule has 10 heteroatoms. The summed E-state index contributed by atoms with van der Waals surface area (Å²) in [6, 6.07) is 10.5. The molecule has 2 aromatic carbocycles. The van der Waals surface area contributed by atoms with Crippen molar-refractivity contribution in [2.24, 2.45) is 0 Å². The Bertz CT molecular complexity index is 1120. The van der Waals surface area contributed by atoms with Crippen LogP contribution in [-0.2, 0) is 15.7 Å². The van der Waals surface area contributed by atoms with E-state index in [2.05, 4.69) is 15.0 Å². The normalized spacial score (nSPS) is 11.2. The largest absolute Gasteiger partial charge is 0.483 e. The molecule has 3 aromatic rings. The number of carbonyl (C=O) groups is 2. The second-order valence-electron chi connectivity index (χ2n) is 6.04. The van der Waals surface area contributed by atoms with Crippen molar-refractivity contribution in [3.63, 3.8) is 0 Å². The van der Waals surface area contributed by atoms with Gasteiger partial charge in [0.2, 0.25) is 0 Å². The van der Waals surface area contributed by atoms with Crippen LogP contribution in [0.25, 0.3) is 10.9 Å². The third-order valence-electron chi connectivity index (χ3n) is 3.99. The first-order valence-corrected chi connectivity index (χ1v) is 8.84. The molecule has 0 aliphatic rings. The van der Waals surface area contributed by atoms with Gasteiger partial charge in [-0.2, -0.15) is 13.2 Å². The molecule has 6 nitrogen and oxygen atoms in total. The third kappa shape index (κ3) is 4.80. The molecule has 0 saturated carbocycles. The average molecular weight is 439 g/mol. The smallest absolute Gasteiger partial charge is 0.418 e. The van der Waals surface area contributed by atoms with Gasteiger partial charge in [-0.25, -0.2) is 9.78 Å². The number of aromatic nitrogens is 1. The summed E-state index contributed by atoms with van der Waals surface area (Å²) < 4.78 is 49.3. The Hall–Kier alpha value is -3.33. The minimum Gasteiger partial charge on any atom is -0.483 e. The van der Waals surface area contributed by atoms with Crippen LogP contribution < -0.4 is 10.1 Å². The SMILES string of the molecule is COC(=O)c1cc(OCC(=O)Nc2ccccc2C(F)(F)F)c2cc(Cl)ccc2n1. The molecule has 0 saturated heterocycles. The maximum atomic E-state index is 13.1. The number of amides is 1. The summed E-state index contributed by atoms with van der Waals surface area (Å²) in [5.74, 6) is -1.44. The number of hydrogen-bond donors (Lipinski definition) is 1. The topological polar surface area (TPSA) is 77.5 Å². The van der Waals surface area contributed by atoms with E-state index in [1.807, 2.05) is 0 Å². The Morgan fingerprint density at radius 3 is 2.57 bits per heavy atom. The summed E-state index contributed by atoms with van der Waals surface area (Å²) in [6.07, 6.45) is -4.63. The first-order chi connectivity index (χ1) is 14.2. The van der Waals surface area contributed by atoms with Gasteiger partial charge in [-0.15, -0.1) is 0 Å². The number of pyridine rings is 1. The van der Waals surface area contributed by atoms with Gasteiger partial charge in [0.15, 0.2) is 12.3 Å². The van der Waals surface area contributed by atoms with E-state index in [-0.39, 0.29) is 11.4 Å². The van der Waals surface area contributed by atoms with Crippen molar-refractivity contribution < 1.29 is 32.2 Å². The second-order valence-corrected chi connectivity index (χ2v) is 6.48. The number of nitrogens with zero attached hydrogens (tertiary/aromatic N) is 1. The Labute approximate surface area is 173 Å². The maximum Gasteiger partial charge on any atom is 0.418 e. The summed E-state index contributed by atoms with van der Waals surface area (Å²) in [5, 5.41) is 2.96. The zero-order valence-electron chi connectivity index (χ0n) is 15.4. The van der Waals surface area contributed by atoms with Crippen molar-refractivity contribution in [3.05, 3.63) is 64.8 Å². The van der Waals surface area contributed by atoms with E-state index in [4.69, 9.17) is 16.3 Å². The number of ether oxygens (including phenoxy) is 2. The van der Waals surface area contributed by atoms with Crippen LogP contribution in [0.3, 0.4) is 0 Å². The minimum absolute atomic E-state index is 0.0647. The van der Waals surface area contributed by atoms with E-state index in [1.54, 1.807) is 12.1 Å². The van der Waals surface area contributed by atoms with Gasteiger partial charge in [0.25, 0.3) is 5.91 Å². The average Bonchev–Trinajstić information content (AvgIpc) is 2.71. The zero-order valence-corrected chi connectivity index (χ0v) is 16.2. The number of halogens is 4. The van der Waals surface area contributed by atoms with Crippen molar-refractivity contribution in [2.75, 3.05) is 19.0 Å². The highest BCUT2D eigenvalue weighted by atomic mass is 35.5. The molecular formula is C20H14ClF3N2O4. The molecule has 0 fully saturated rings. The number of nitrogens with one attached hydrogen (secondary N) is 1. The van der Waals surface area contributed by atoms with Crippen LogP contribution >= 0.6 is 11.6 Å². The predicted octanol–water partition coefficient (Wildman–Crippen LogP) is 4.71. The van der Waals surface area contributed by atoms with Crippen molar-refractivity contribution >= 4 is 40.1 Å². The predicted molar refractivity (Wildman–Crippen MR) is 104 cm³/mol. The Morgan fingerprint density at radius 2 is 1.87 bits per heavy atom. The standard InChI is InChI=1S/C20H14ClF3N2O4/c1-29-19(28)16-9-17(12-8-11(21)6-7-14(12)25-16)30-10-18(27)26-15-5-3-2-4-13(15)20(22,23)24/h2-9H,10H2,1H3,(H,26,27). The number of hydrogen-bond acceptors (Lipinski definition) is 5. The van der Waals surface area contributed by atoms with Crippen LogP contribution in [0, 0.1) is 0 Å². The van der Waals surface area contributed by atoms with E-state index in [0.717, 1.165) is 12.1 Å². The lowest BCUT2D eigenvalue weighted by molar-refractivity contribution is -0.137. The van der Waals surface area contributed by atoms with Crippen LogP contribution in [0.2, 0.25) is 5.02 Å². The van der Waals surface area contributed by atoms with Gasteiger partial charge in [-0.05, 0) is 30.3 Å². The number of anilines is 1. The van der Waals surface area contributed by atoms with E-state index in [1.165, 1.54) is 31.4 Å². The summed E-state index contributed by atoms with van der Waals surface area (Å²) >= 11 is 5.99. The molecule has 3 rings (SSSR count). The van der Waals surface area contributed by atoms with Crippen molar-refractivity contribution in [2.45, 2.75) is 6.18 Å². The van der Waals surface area contributed by atoms with Crippen LogP contribution in [0.15, 0.2) is 48.5 Å². The zero-order chi connectivity index (χ0) is 21.9. The molecular weight excluding hydrogens is 425 g/mol. The molecule has 156 valence electrons. The number of esters is 1. The highest BCUT2D eigenvalue weighted by Gasteiger charge is 2.33. The van der Waals surface area contributed by atoms with Crippen molar-refractivity contribution in [1.29, 1.82) is 0 Å². The lowest BCUT2D eigenvalue weighted by Crippen LogP contribution is -2.22. The van der Waals surface area contributed by atoms with Crippen LogP contribution in [-0.4, -0.2) is 30.6 Å². The fraction of sp³-hybridized carbons (Fsp3) is 0.150. The summed E-state index contributed by atoms with van der Waals surface area (Å²) in [4.78, 5) is 28.2. The molecule has 0 atom stereocenters. The number of methoxy groups -OCH3 is 1. The van der Waals surface area contributed by atoms with Crippen LogP contribution in [0.5, 0.6) is 5.75 Å². The molecule has 0 unspecified atom stereocenters. The summed E-state index contributed by atoms with van der Waals surface area (Å²) in [6.45, 7) is -0.613. The third-order valence-corrected chi connectivity index (χ3v) is 4.23. The molecule has 1 aromatic heterocycles. The molecule has 0 aliphatic heterocycles. The maximum absolute atomic E-state index is 13.1. The molecule has 1 amide bonds. The minimum atomic E-state index is -4.63. The number of rotatable bonds is 5. The van der Waals surface area contributed by atoms with Crippen LogP contribution in [0.4, 0.5) is 18.9 Å². The molecule has 1 heterocycles. The summed E-state index contributed by atoms with van der Waals surface area (Å²) in [7, 11) is 1.18. The lowest BCUT2D eigenvalue weighted by atomic mass is 10.1. The van der Waals surface area contributed by atoms with Gasteiger partial charge in [-0.1, -0.05) is 23.7 Å². The molecule has 30 heavy (non-hydrogen) atoms. The van der Waals surface area contributed by atoms with Gasteiger partial charge in [-0.3, -0.25) is 4.79 Å². The van der Waals surface area contributed by atoms with Gasteiger partial charge < -0.3 is 14.8 Å². The van der Waals surface area contributed by atoms with Gasteiger partial charge >= 0.3 is 12.1 Å². The second kappa shape index (κ2) is 8.58. The quantitative estimate of drug-likeness (QED) is 0.584. The van der Waals surface area contributed by atoms with E-state index in [0.29, 0.717) is 15.9 Å². The Kier molecular flexibility index (Phi) is 6.12. The van der Waals surface area contributed by atoms with Gasteiger partial charge in [0.1, 0.15) is 5.75 Å². The monoisotopic (exact) mass is 438 g/mol. The van der Waals surface area contributed by atoms with E-state index >= 15 is 0 Å². The van der Waals surface area contributed by atoms with Crippen molar-refractivity contribution in [1.82, 2.24) is 4.98 Å². The summed E-state index contributed by atoms with van der Waals surface area (Å²) in [5.41, 5.74) is -1.07. The molecule has 0 bridgehead atoms. The highest BCUT2D eigenvalue weighted by Crippen LogP contribution is 2.34. The van der Waals surface area contributed by atoms with Gasteiger partial charge in [0, 0.05) is 16.5 Å². The number of carbonyl (C=O) groups excluding carboxylic acids is 2. The number of alkyl halides is 3.